The molecule has 0 aromatic heterocycles. The van der Waals surface area contributed by atoms with Gasteiger partial charge in [-0.3, -0.25) is 4.79 Å². The molecule has 1 aliphatic rings. The molecule has 1 heterocycles. The van der Waals surface area contributed by atoms with Crippen molar-refractivity contribution in [1.82, 2.24) is 4.31 Å². The molecule has 0 aliphatic carbocycles. The molecule has 150 valence electrons. The zero-order valence-electron chi connectivity index (χ0n) is 15.6. The first-order valence-electron chi connectivity index (χ1n) is 9.23. The van der Waals surface area contributed by atoms with Crippen LogP contribution < -0.4 is 10.1 Å². The molecular weight excluding hydrogens is 444 g/mol. The minimum Gasteiger partial charge on any atom is -0.494 e. The van der Waals surface area contributed by atoms with Gasteiger partial charge in [-0.15, -0.1) is 0 Å². The lowest BCUT2D eigenvalue weighted by Crippen LogP contribution is -2.49. The zero-order valence-corrected chi connectivity index (χ0v) is 18.0. The summed E-state index contributed by atoms with van der Waals surface area (Å²) >= 11 is 3.31. The molecule has 1 fully saturated rings. The first-order valence-corrected chi connectivity index (χ1v) is 11.5. The van der Waals surface area contributed by atoms with Crippen LogP contribution in [-0.4, -0.2) is 37.8 Å². The Labute approximate surface area is 174 Å². The summed E-state index contributed by atoms with van der Waals surface area (Å²) < 4.78 is 33.7. The number of carbonyl (C=O) groups is 1. The number of rotatable bonds is 6. The second-order valence-electron chi connectivity index (χ2n) is 6.53. The van der Waals surface area contributed by atoms with Crippen LogP contribution in [-0.2, 0) is 14.8 Å². The van der Waals surface area contributed by atoms with Crippen molar-refractivity contribution in [2.45, 2.75) is 37.1 Å². The summed E-state index contributed by atoms with van der Waals surface area (Å²) in [6.45, 7) is 2.80. The number of carbonyl (C=O) groups excluding carboxylic acids is 1. The van der Waals surface area contributed by atoms with Gasteiger partial charge in [0, 0.05) is 16.7 Å². The van der Waals surface area contributed by atoms with Crippen LogP contribution in [0.25, 0.3) is 0 Å². The molecule has 0 radical (unpaired) electrons. The molecule has 2 aromatic rings. The van der Waals surface area contributed by atoms with Gasteiger partial charge >= 0.3 is 0 Å². The van der Waals surface area contributed by atoms with E-state index in [1.165, 1.54) is 4.31 Å². The number of hydrogen-bond acceptors (Lipinski definition) is 4. The maximum absolute atomic E-state index is 13.1. The molecule has 0 saturated carbocycles. The maximum atomic E-state index is 13.1. The van der Waals surface area contributed by atoms with E-state index in [1.807, 2.05) is 6.92 Å². The van der Waals surface area contributed by atoms with E-state index in [1.54, 1.807) is 48.5 Å². The number of sulfonamides is 1. The molecule has 2 aromatic carbocycles. The lowest BCUT2D eigenvalue weighted by molar-refractivity contribution is -0.120. The van der Waals surface area contributed by atoms with Gasteiger partial charge in [0.1, 0.15) is 11.8 Å². The van der Waals surface area contributed by atoms with Crippen LogP contribution in [0.1, 0.15) is 26.2 Å². The molecule has 1 N–H and O–H groups in total. The van der Waals surface area contributed by atoms with Gasteiger partial charge in [0.05, 0.1) is 11.5 Å². The summed E-state index contributed by atoms with van der Waals surface area (Å²) in [4.78, 5) is 13.1. The van der Waals surface area contributed by atoms with E-state index >= 15 is 0 Å². The molecule has 0 unspecified atom stereocenters. The van der Waals surface area contributed by atoms with E-state index in [-0.39, 0.29) is 10.8 Å². The fraction of sp³-hybridized carbons (Fsp3) is 0.350. The van der Waals surface area contributed by atoms with Gasteiger partial charge in [0.2, 0.25) is 15.9 Å². The Morgan fingerprint density at radius 1 is 1.14 bits per heavy atom. The third-order valence-corrected chi connectivity index (χ3v) is 7.06. The summed E-state index contributed by atoms with van der Waals surface area (Å²) in [7, 11) is -3.75. The number of anilines is 1. The van der Waals surface area contributed by atoms with Crippen molar-refractivity contribution in [3.05, 3.63) is 53.0 Å². The van der Waals surface area contributed by atoms with Gasteiger partial charge in [0.25, 0.3) is 0 Å². The largest absolute Gasteiger partial charge is 0.494 e. The predicted molar refractivity (Wildman–Crippen MR) is 112 cm³/mol. The molecule has 0 bridgehead atoms. The molecule has 3 rings (SSSR count). The summed E-state index contributed by atoms with van der Waals surface area (Å²) in [5.74, 6) is 0.405. The SMILES string of the molecule is CCOc1ccc(NC(=O)[C@H]2CCCCN2S(=O)(=O)c2ccc(Br)cc2)cc1. The van der Waals surface area contributed by atoms with Gasteiger partial charge in [0.15, 0.2) is 0 Å². The number of hydrogen-bond donors (Lipinski definition) is 1. The molecule has 1 atom stereocenters. The van der Waals surface area contributed by atoms with Crippen molar-refractivity contribution in [3.8, 4) is 5.75 Å². The molecule has 0 spiro atoms. The number of nitrogens with one attached hydrogen (secondary N) is 1. The fourth-order valence-corrected chi connectivity index (χ4v) is 5.14. The summed E-state index contributed by atoms with van der Waals surface area (Å²) in [5.41, 5.74) is 0.611. The van der Waals surface area contributed by atoms with E-state index in [0.29, 0.717) is 25.3 Å². The molecule has 1 saturated heterocycles. The molecule has 28 heavy (non-hydrogen) atoms. The van der Waals surface area contributed by atoms with Gasteiger partial charge < -0.3 is 10.1 Å². The highest BCUT2D eigenvalue weighted by molar-refractivity contribution is 9.10. The number of benzene rings is 2. The molecule has 1 aliphatic heterocycles. The van der Waals surface area contributed by atoms with E-state index in [0.717, 1.165) is 23.1 Å². The van der Waals surface area contributed by atoms with Crippen molar-refractivity contribution in [3.63, 3.8) is 0 Å². The third kappa shape index (κ3) is 4.74. The Morgan fingerprint density at radius 2 is 1.82 bits per heavy atom. The van der Waals surface area contributed by atoms with E-state index in [9.17, 15) is 13.2 Å². The molecule has 6 nitrogen and oxygen atoms in total. The van der Waals surface area contributed by atoms with Crippen LogP contribution in [0.4, 0.5) is 5.69 Å². The van der Waals surface area contributed by atoms with Gasteiger partial charge in [-0.05, 0) is 68.3 Å². The van der Waals surface area contributed by atoms with Gasteiger partial charge in [-0.25, -0.2) is 8.42 Å². The average Bonchev–Trinajstić information content (AvgIpc) is 2.70. The van der Waals surface area contributed by atoms with E-state index in [2.05, 4.69) is 21.2 Å². The van der Waals surface area contributed by atoms with Crippen molar-refractivity contribution in [1.29, 1.82) is 0 Å². The lowest BCUT2D eigenvalue weighted by atomic mass is 10.0. The topological polar surface area (TPSA) is 75.7 Å². The minimum atomic E-state index is -3.75. The third-order valence-electron chi connectivity index (χ3n) is 4.61. The second-order valence-corrected chi connectivity index (χ2v) is 9.33. The van der Waals surface area contributed by atoms with Crippen molar-refractivity contribution in [2.75, 3.05) is 18.5 Å². The van der Waals surface area contributed by atoms with Crippen molar-refractivity contribution >= 4 is 37.5 Å². The number of ether oxygens (including phenoxy) is 1. The quantitative estimate of drug-likeness (QED) is 0.696. The summed E-state index contributed by atoms with van der Waals surface area (Å²) in [6, 6.07) is 12.8. The first-order chi connectivity index (χ1) is 13.4. The number of piperidine rings is 1. The highest BCUT2D eigenvalue weighted by atomic mass is 79.9. The smallest absolute Gasteiger partial charge is 0.243 e. The Kier molecular flexibility index (Phi) is 6.74. The molecule has 1 amide bonds. The minimum absolute atomic E-state index is 0.191. The van der Waals surface area contributed by atoms with Crippen LogP contribution in [0, 0.1) is 0 Å². The van der Waals surface area contributed by atoms with Crippen molar-refractivity contribution in [2.24, 2.45) is 0 Å². The first kappa shape index (κ1) is 20.8. The highest BCUT2D eigenvalue weighted by Gasteiger charge is 2.37. The van der Waals surface area contributed by atoms with Crippen LogP contribution in [0.3, 0.4) is 0 Å². The Hall–Kier alpha value is -1.90. The predicted octanol–water partition coefficient (Wildman–Crippen LogP) is 4.03. The Bertz CT molecular complexity index is 914. The van der Waals surface area contributed by atoms with Crippen LogP contribution in [0.5, 0.6) is 5.75 Å². The van der Waals surface area contributed by atoms with Crippen molar-refractivity contribution < 1.29 is 17.9 Å². The number of amides is 1. The normalized spacial score (nSPS) is 17.9. The average molecular weight is 467 g/mol. The Balaban J connectivity index is 1.78. The number of nitrogens with zero attached hydrogens (tertiary/aromatic N) is 1. The Morgan fingerprint density at radius 3 is 2.46 bits per heavy atom. The van der Waals surface area contributed by atoms with E-state index in [4.69, 9.17) is 4.74 Å². The molecule has 8 heteroatoms. The van der Waals surface area contributed by atoms with Gasteiger partial charge in [-0.1, -0.05) is 22.4 Å². The summed E-state index contributed by atoms with van der Waals surface area (Å²) in [5, 5.41) is 2.84. The van der Waals surface area contributed by atoms with Crippen LogP contribution >= 0.6 is 15.9 Å². The maximum Gasteiger partial charge on any atom is 0.243 e. The standard InChI is InChI=1S/C20H23BrN2O4S/c1-2-27-17-10-8-16(9-11-17)22-20(24)19-5-3-4-14-23(19)28(25,26)18-12-6-15(21)7-13-18/h6-13,19H,2-5,14H2,1H3,(H,22,24)/t19-/m1/s1. The summed E-state index contributed by atoms with van der Waals surface area (Å²) in [6.07, 6.45) is 2.05. The van der Waals surface area contributed by atoms with Crippen LogP contribution in [0.2, 0.25) is 0 Å². The van der Waals surface area contributed by atoms with E-state index < -0.39 is 16.1 Å². The second kappa shape index (κ2) is 9.07. The molecular formula is C20H23BrN2O4S. The number of halogens is 1. The fourth-order valence-electron chi connectivity index (χ4n) is 3.22. The zero-order chi connectivity index (χ0) is 20.1. The monoisotopic (exact) mass is 466 g/mol. The van der Waals surface area contributed by atoms with Crippen LogP contribution in [0.15, 0.2) is 57.9 Å². The lowest BCUT2D eigenvalue weighted by Gasteiger charge is -2.33. The highest BCUT2D eigenvalue weighted by Crippen LogP contribution is 2.27. The van der Waals surface area contributed by atoms with Gasteiger partial charge in [-0.2, -0.15) is 4.31 Å².